The van der Waals surface area contributed by atoms with E-state index < -0.39 is 24.2 Å². The average Bonchev–Trinajstić information content (AvgIpc) is 3.03. The largest absolute Gasteiger partial charge is 0.434 e. The van der Waals surface area contributed by atoms with Crippen molar-refractivity contribution in [1.82, 2.24) is 15.3 Å². The number of rotatable bonds is 7. The second-order valence-electron chi connectivity index (χ2n) is 5.84. The van der Waals surface area contributed by atoms with Crippen molar-refractivity contribution in [2.24, 2.45) is 5.16 Å². The van der Waals surface area contributed by atoms with Gasteiger partial charge in [-0.2, -0.15) is 13.2 Å². The minimum atomic E-state index is -4.62. The summed E-state index contributed by atoms with van der Waals surface area (Å²) in [6.07, 6.45) is -3.59. The number of nitrogens with zero attached hydrogens (tertiary/aromatic N) is 3. The predicted octanol–water partition coefficient (Wildman–Crippen LogP) is 3.99. The van der Waals surface area contributed by atoms with E-state index >= 15 is 0 Å². The lowest BCUT2D eigenvalue weighted by molar-refractivity contribution is -0.141. The number of pyridine rings is 1. The van der Waals surface area contributed by atoms with E-state index in [-0.39, 0.29) is 39.5 Å². The fourth-order valence-corrected chi connectivity index (χ4v) is 3.60. The maximum absolute atomic E-state index is 13.1. The lowest BCUT2D eigenvalue weighted by Gasteiger charge is -2.10. The number of carbonyl (C=O) groups excluding carboxylic acids is 1. The minimum Gasteiger partial charge on any atom is -0.396 e. The lowest BCUT2D eigenvalue weighted by Crippen LogP contribution is -2.32. The summed E-state index contributed by atoms with van der Waals surface area (Å²) in [6.45, 7) is 4.98. The number of aromatic nitrogens is 2. The van der Waals surface area contributed by atoms with Crippen LogP contribution in [0.5, 0.6) is 0 Å². The Morgan fingerprint density at radius 2 is 2.17 bits per heavy atom. The molecule has 11 heteroatoms. The topological polar surface area (TPSA) is 76.5 Å². The molecule has 0 aliphatic rings. The van der Waals surface area contributed by atoms with Crippen LogP contribution in [0.15, 0.2) is 17.4 Å². The number of oxime groups is 1. The first-order valence-electron chi connectivity index (χ1n) is 8.73. The second kappa shape index (κ2) is 10.4. The molecule has 1 N–H and O–H groups in total. The van der Waals surface area contributed by atoms with Crippen molar-refractivity contribution in [1.29, 1.82) is 0 Å². The number of hydrogen-bond acceptors (Lipinski definition) is 6. The van der Waals surface area contributed by atoms with Gasteiger partial charge in [0.25, 0.3) is 0 Å². The second-order valence-corrected chi connectivity index (χ2v) is 7.54. The maximum atomic E-state index is 13.1. The minimum absolute atomic E-state index is 0.135. The Balaban J connectivity index is 2.16. The third-order valence-corrected chi connectivity index (χ3v) is 4.79. The molecular formula is C19H18ClF3N4O2S. The molecule has 6 nitrogen and oxygen atoms in total. The summed E-state index contributed by atoms with van der Waals surface area (Å²) in [5.74, 6) is 4.92. The summed E-state index contributed by atoms with van der Waals surface area (Å²) in [6, 6.07) is 1.60. The molecule has 2 rings (SSSR count). The highest BCUT2D eigenvalue weighted by molar-refractivity contribution is 7.11. The molecule has 1 amide bonds. The van der Waals surface area contributed by atoms with Crippen LogP contribution < -0.4 is 5.32 Å². The Morgan fingerprint density at radius 1 is 1.43 bits per heavy atom. The van der Waals surface area contributed by atoms with Crippen molar-refractivity contribution < 1.29 is 22.8 Å². The van der Waals surface area contributed by atoms with Crippen LogP contribution in [0.4, 0.5) is 13.2 Å². The molecule has 0 saturated heterocycles. The van der Waals surface area contributed by atoms with Gasteiger partial charge in [0.05, 0.1) is 23.0 Å². The number of alkyl halides is 3. The number of aryl methyl sites for hydroxylation is 1. The van der Waals surface area contributed by atoms with Crippen molar-refractivity contribution in [2.75, 3.05) is 13.2 Å². The van der Waals surface area contributed by atoms with E-state index in [4.69, 9.17) is 16.4 Å². The highest BCUT2D eigenvalue weighted by Gasteiger charge is 2.37. The zero-order valence-corrected chi connectivity index (χ0v) is 17.9. The van der Waals surface area contributed by atoms with E-state index in [9.17, 15) is 18.0 Å². The number of carbonyl (C=O) groups is 1. The molecule has 2 aromatic heterocycles. The van der Waals surface area contributed by atoms with Crippen molar-refractivity contribution >= 4 is 34.6 Å². The first-order valence-corrected chi connectivity index (χ1v) is 9.92. The Hall–Kier alpha value is -2.64. The van der Waals surface area contributed by atoms with Crippen molar-refractivity contribution in [3.8, 4) is 11.8 Å². The molecule has 0 unspecified atom stereocenters. The van der Waals surface area contributed by atoms with Gasteiger partial charge in [0.15, 0.2) is 5.69 Å². The van der Waals surface area contributed by atoms with Crippen LogP contribution in [0.3, 0.4) is 0 Å². The fraction of sp³-hybridized carbons (Fsp3) is 0.368. The number of hydrogen-bond donors (Lipinski definition) is 1. The van der Waals surface area contributed by atoms with Gasteiger partial charge in [-0.05, 0) is 26.8 Å². The van der Waals surface area contributed by atoms with Gasteiger partial charge < -0.3 is 10.2 Å². The Bertz CT molecular complexity index is 1010. The molecule has 0 fully saturated rings. The van der Waals surface area contributed by atoms with Gasteiger partial charge in [0.2, 0.25) is 5.91 Å². The van der Waals surface area contributed by atoms with Crippen LogP contribution in [0, 0.1) is 18.8 Å². The van der Waals surface area contributed by atoms with Crippen molar-refractivity contribution in [3.05, 3.63) is 44.1 Å². The quantitative estimate of drug-likeness (QED) is 0.386. The average molecular weight is 459 g/mol. The van der Waals surface area contributed by atoms with Crippen LogP contribution in [-0.2, 0) is 22.2 Å². The Kier molecular flexibility index (Phi) is 8.20. The molecule has 0 saturated carbocycles. The molecule has 0 aliphatic carbocycles. The van der Waals surface area contributed by atoms with Gasteiger partial charge in [0.1, 0.15) is 18.0 Å². The number of thiazole rings is 1. The molecule has 0 radical (unpaired) electrons. The van der Waals surface area contributed by atoms with E-state index in [1.54, 1.807) is 19.9 Å². The lowest BCUT2D eigenvalue weighted by atomic mass is 10.2. The first-order chi connectivity index (χ1) is 14.2. The van der Waals surface area contributed by atoms with Crippen molar-refractivity contribution in [3.63, 3.8) is 0 Å². The van der Waals surface area contributed by atoms with E-state index in [1.807, 2.05) is 0 Å². The highest BCUT2D eigenvalue weighted by atomic mass is 35.5. The van der Waals surface area contributed by atoms with E-state index in [1.165, 1.54) is 13.1 Å². The molecule has 2 heterocycles. The van der Waals surface area contributed by atoms with E-state index in [2.05, 4.69) is 32.3 Å². The zero-order chi connectivity index (χ0) is 22.3. The Labute approximate surface area is 180 Å². The van der Waals surface area contributed by atoms with Gasteiger partial charge in [-0.3, -0.25) is 9.78 Å². The number of amides is 1. The summed E-state index contributed by atoms with van der Waals surface area (Å²) in [4.78, 5) is 24.9. The molecule has 0 atom stereocenters. The monoisotopic (exact) mass is 458 g/mol. The standard InChI is InChI=1S/C19H18ClF3N4O2S/c1-4-6-12-7-13(20)17(25-9-12)14(27-29-5-2)10-24-16(28)8-15-18(19(21,22)23)26-11(3)30-15/h7,9H,5,8,10H2,1-3H3,(H,24,28). The SMILES string of the molecule is CC#Cc1cnc(C(CNC(=O)Cc2sc(C)nc2C(F)(F)F)=NOCC)c(Cl)c1. The van der Waals surface area contributed by atoms with Crippen LogP contribution in [0.1, 0.15) is 40.7 Å². The van der Waals surface area contributed by atoms with Crippen molar-refractivity contribution in [2.45, 2.75) is 33.4 Å². The molecule has 0 aromatic carbocycles. The predicted molar refractivity (Wildman–Crippen MR) is 109 cm³/mol. The molecule has 0 aliphatic heterocycles. The molecule has 30 heavy (non-hydrogen) atoms. The first kappa shape index (κ1) is 23.6. The molecule has 160 valence electrons. The van der Waals surface area contributed by atoms with Crippen LogP contribution >= 0.6 is 22.9 Å². The van der Waals surface area contributed by atoms with Crippen LogP contribution in [0.2, 0.25) is 5.02 Å². The smallest absolute Gasteiger partial charge is 0.396 e. The third kappa shape index (κ3) is 6.43. The summed E-state index contributed by atoms with van der Waals surface area (Å²) in [5, 5.41) is 6.93. The van der Waals surface area contributed by atoms with E-state index in [0.717, 1.165) is 11.3 Å². The fourth-order valence-electron chi connectivity index (χ4n) is 2.37. The normalized spacial score (nSPS) is 11.6. The maximum Gasteiger partial charge on any atom is 0.434 e. The highest BCUT2D eigenvalue weighted by Crippen LogP contribution is 2.34. The van der Waals surface area contributed by atoms with Gasteiger partial charge in [-0.15, -0.1) is 17.3 Å². The molecular weight excluding hydrogens is 441 g/mol. The van der Waals surface area contributed by atoms with E-state index in [0.29, 0.717) is 5.56 Å². The summed E-state index contributed by atoms with van der Waals surface area (Å²) < 4.78 is 39.2. The van der Waals surface area contributed by atoms with Gasteiger partial charge in [0, 0.05) is 16.6 Å². The summed E-state index contributed by atoms with van der Waals surface area (Å²) in [5.41, 5.74) is 0.0615. The number of halogens is 4. The summed E-state index contributed by atoms with van der Waals surface area (Å²) >= 11 is 7.08. The van der Waals surface area contributed by atoms with Gasteiger partial charge >= 0.3 is 6.18 Å². The zero-order valence-electron chi connectivity index (χ0n) is 16.4. The molecule has 0 spiro atoms. The number of nitrogens with one attached hydrogen (secondary N) is 1. The van der Waals surface area contributed by atoms with Crippen LogP contribution in [0.25, 0.3) is 0 Å². The van der Waals surface area contributed by atoms with Crippen LogP contribution in [-0.4, -0.2) is 34.7 Å². The molecule has 2 aromatic rings. The summed E-state index contributed by atoms with van der Waals surface area (Å²) in [7, 11) is 0. The van der Waals surface area contributed by atoms with Gasteiger partial charge in [-0.25, -0.2) is 4.98 Å². The molecule has 0 bridgehead atoms. The Morgan fingerprint density at radius 3 is 2.77 bits per heavy atom. The third-order valence-electron chi connectivity index (χ3n) is 3.53. The van der Waals surface area contributed by atoms with Gasteiger partial charge in [-0.1, -0.05) is 22.7 Å².